The highest BCUT2D eigenvalue weighted by molar-refractivity contribution is 7.12. The summed E-state index contributed by atoms with van der Waals surface area (Å²) >= 11 is 1.48. The number of ether oxygens (including phenoxy) is 1. The minimum atomic E-state index is -0.448. The van der Waals surface area contributed by atoms with E-state index in [1.807, 2.05) is 46.7 Å². The van der Waals surface area contributed by atoms with Crippen molar-refractivity contribution in [2.24, 2.45) is 0 Å². The number of anilines is 2. The Bertz CT molecular complexity index is 708. The lowest BCUT2D eigenvalue weighted by molar-refractivity contribution is 0.0751. The molecule has 0 atom stereocenters. The van der Waals surface area contributed by atoms with Gasteiger partial charge in [0.1, 0.15) is 0 Å². The number of hydrogen-bond donors (Lipinski definition) is 1. The quantitative estimate of drug-likeness (QED) is 0.910. The van der Waals surface area contributed by atoms with Crippen molar-refractivity contribution in [1.29, 1.82) is 0 Å². The number of nitrogens with one attached hydrogen (secondary N) is 1. The van der Waals surface area contributed by atoms with E-state index >= 15 is 0 Å². The summed E-state index contributed by atoms with van der Waals surface area (Å²) in [6, 6.07) is 11.4. The topological polar surface area (TPSA) is 61.9 Å². The van der Waals surface area contributed by atoms with Crippen LogP contribution in [0.1, 0.15) is 16.6 Å². The second-order valence-electron chi connectivity index (χ2n) is 5.65. The predicted molar refractivity (Wildman–Crippen MR) is 99.5 cm³/mol. The summed E-state index contributed by atoms with van der Waals surface area (Å²) in [5.41, 5.74) is 1.78. The van der Waals surface area contributed by atoms with Crippen LogP contribution in [-0.4, -0.2) is 49.7 Å². The van der Waals surface area contributed by atoms with Crippen molar-refractivity contribution in [1.82, 2.24) is 4.90 Å². The van der Waals surface area contributed by atoms with Gasteiger partial charge < -0.3 is 14.5 Å². The van der Waals surface area contributed by atoms with Crippen molar-refractivity contribution in [2.45, 2.75) is 6.92 Å². The molecule has 132 valence electrons. The molecule has 1 N–H and O–H groups in total. The molecule has 0 bridgehead atoms. The first-order valence-corrected chi connectivity index (χ1v) is 9.17. The molecule has 0 radical (unpaired) electrons. The van der Waals surface area contributed by atoms with Gasteiger partial charge in [0.2, 0.25) is 0 Å². The van der Waals surface area contributed by atoms with Crippen molar-refractivity contribution in [3.8, 4) is 0 Å². The van der Waals surface area contributed by atoms with Crippen LogP contribution in [0, 0.1) is 0 Å². The van der Waals surface area contributed by atoms with Gasteiger partial charge in [0, 0.05) is 37.6 Å². The second-order valence-corrected chi connectivity index (χ2v) is 6.60. The highest BCUT2D eigenvalue weighted by Crippen LogP contribution is 2.21. The number of nitrogens with zero attached hydrogens (tertiary/aromatic N) is 2. The van der Waals surface area contributed by atoms with E-state index in [2.05, 4.69) is 10.2 Å². The largest absolute Gasteiger partial charge is 0.450 e. The SMILES string of the molecule is CCOC(=O)Nc1ccc(N2CCN(C(=O)c3cccs3)CC2)cc1. The molecule has 2 heterocycles. The number of carbonyl (C=O) groups excluding carboxylic acids is 2. The Balaban J connectivity index is 1.54. The fraction of sp³-hybridized carbons (Fsp3) is 0.333. The number of amides is 2. The van der Waals surface area contributed by atoms with E-state index in [4.69, 9.17) is 4.74 Å². The predicted octanol–water partition coefficient (Wildman–Crippen LogP) is 3.28. The molecule has 2 amide bonds. The molecule has 0 aliphatic carbocycles. The van der Waals surface area contributed by atoms with Crippen LogP contribution in [0.25, 0.3) is 0 Å². The van der Waals surface area contributed by atoms with Crippen molar-refractivity contribution >= 4 is 34.7 Å². The average molecular weight is 359 g/mol. The first-order chi connectivity index (χ1) is 12.2. The van der Waals surface area contributed by atoms with Gasteiger partial charge in [-0.05, 0) is 42.6 Å². The third kappa shape index (κ3) is 4.30. The number of rotatable bonds is 4. The second kappa shape index (κ2) is 8.02. The molecule has 0 saturated carbocycles. The van der Waals surface area contributed by atoms with Crippen LogP contribution < -0.4 is 10.2 Å². The van der Waals surface area contributed by atoms with Gasteiger partial charge >= 0.3 is 6.09 Å². The fourth-order valence-corrected chi connectivity index (χ4v) is 3.46. The van der Waals surface area contributed by atoms with E-state index in [1.165, 1.54) is 11.3 Å². The lowest BCUT2D eigenvalue weighted by Crippen LogP contribution is -2.48. The maximum atomic E-state index is 12.4. The van der Waals surface area contributed by atoms with Crippen LogP contribution in [0.15, 0.2) is 41.8 Å². The molecule has 1 fully saturated rings. The minimum Gasteiger partial charge on any atom is -0.450 e. The van der Waals surface area contributed by atoms with Gasteiger partial charge in [-0.25, -0.2) is 4.79 Å². The van der Waals surface area contributed by atoms with Crippen molar-refractivity contribution in [3.63, 3.8) is 0 Å². The molecule has 0 spiro atoms. The van der Waals surface area contributed by atoms with Crippen LogP contribution in [0.2, 0.25) is 0 Å². The highest BCUT2D eigenvalue weighted by atomic mass is 32.1. The Morgan fingerprint density at radius 2 is 1.84 bits per heavy atom. The summed E-state index contributed by atoms with van der Waals surface area (Å²) < 4.78 is 4.86. The molecule has 2 aromatic rings. The third-order valence-electron chi connectivity index (χ3n) is 4.05. The van der Waals surface area contributed by atoms with E-state index < -0.39 is 6.09 Å². The number of carbonyl (C=O) groups is 2. The van der Waals surface area contributed by atoms with Gasteiger partial charge in [-0.3, -0.25) is 10.1 Å². The molecule has 1 aliphatic heterocycles. The highest BCUT2D eigenvalue weighted by Gasteiger charge is 2.22. The molecule has 1 aromatic heterocycles. The lowest BCUT2D eigenvalue weighted by Gasteiger charge is -2.36. The maximum Gasteiger partial charge on any atom is 0.411 e. The molecular weight excluding hydrogens is 338 g/mol. The van der Waals surface area contributed by atoms with E-state index in [1.54, 1.807) is 6.92 Å². The van der Waals surface area contributed by atoms with Crippen LogP contribution in [0.3, 0.4) is 0 Å². The van der Waals surface area contributed by atoms with Gasteiger partial charge in [-0.1, -0.05) is 6.07 Å². The normalized spacial score (nSPS) is 14.3. The van der Waals surface area contributed by atoms with Crippen LogP contribution in [0.4, 0.5) is 16.2 Å². The van der Waals surface area contributed by atoms with Crippen molar-refractivity contribution in [3.05, 3.63) is 46.7 Å². The Hall–Kier alpha value is -2.54. The molecule has 6 nitrogen and oxygen atoms in total. The Kier molecular flexibility index (Phi) is 5.55. The van der Waals surface area contributed by atoms with Gasteiger partial charge in [0.25, 0.3) is 5.91 Å². The Morgan fingerprint density at radius 1 is 1.12 bits per heavy atom. The first-order valence-electron chi connectivity index (χ1n) is 8.29. The molecule has 7 heteroatoms. The summed E-state index contributed by atoms with van der Waals surface area (Å²) in [5, 5.41) is 4.61. The molecule has 1 aromatic carbocycles. The van der Waals surface area contributed by atoms with Crippen LogP contribution in [-0.2, 0) is 4.74 Å². The van der Waals surface area contributed by atoms with E-state index in [0.717, 1.165) is 23.7 Å². The van der Waals surface area contributed by atoms with E-state index in [9.17, 15) is 9.59 Å². The number of hydrogen-bond acceptors (Lipinski definition) is 5. The zero-order chi connectivity index (χ0) is 17.6. The zero-order valence-electron chi connectivity index (χ0n) is 14.1. The van der Waals surface area contributed by atoms with Gasteiger partial charge in [-0.2, -0.15) is 0 Å². The smallest absolute Gasteiger partial charge is 0.411 e. The monoisotopic (exact) mass is 359 g/mol. The van der Waals surface area contributed by atoms with Crippen molar-refractivity contribution < 1.29 is 14.3 Å². The number of thiophene rings is 1. The van der Waals surface area contributed by atoms with Gasteiger partial charge in [0.05, 0.1) is 11.5 Å². The fourth-order valence-electron chi connectivity index (χ4n) is 2.76. The van der Waals surface area contributed by atoms with Gasteiger partial charge in [0.15, 0.2) is 0 Å². The average Bonchev–Trinajstić information content (AvgIpc) is 3.17. The first kappa shape index (κ1) is 17.3. The standard InChI is InChI=1S/C18H21N3O3S/c1-2-24-18(23)19-14-5-7-15(8-6-14)20-9-11-21(12-10-20)17(22)16-4-3-13-25-16/h3-8,13H,2,9-12H2,1H3,(H,19,23). The summed E-state index contributed by atoms with van der Waals surface area (Å²) in [5.74, 6) is 0.114. The molecule has 1 saturated heterocycles. The van der Waals surface area contributed by atoms with E-state index in [0.29, 0.717) is 25.4 Å². The summed E-state index contributed by atoms with van der Waals surface area (Å²) in [7, 11) is 0. The Labute approximate surface area is 151 Å². The Morgan fingerprint density at radius 3 is 2.44 bits per heavy atom. The molecular formula is C18H21N3O3S. The summed E-state index contributed by atoms with van der Waals surface area (Å²) in [6.07, 6.45) is -0.448. The third-order valence-corrected chi connectivity index (χ3v) is 4.91. The molecule has 3 rings (SSSR count). The minimum absolute atomic E-state index is 0.114. The number of piperazine rings is 1. The lowest BCUT2D eigenvalue weighted by atomic mass is 10.2. The van der Waals surface area contributed by atoms with Crippen LogP contribution >= 0.6 is 11.3 Å². The van der Waals surface area contributed by atoms with Gasteiger partial charge in [-0.15, -0.1) is 11.3 Å². The van der Waals surface area contributed by atoms with Crippen molar-refractivity contribution in [2.75, 3.05) is 43.0 Å². The summed E-state index contributed by atoms with van der Waals surface area (Å²) in [6.45, 7) is 5.12. The zero-order valence-corrected chi connectivity index (χ0v) is 14.9. The summed E-state index contributed by atoms with van der Waals surface area (Å²) in [4.78, 5) is 28.7. The number of benzene rings is 1. The van der Waals surface area contributed by atoms with Crippen LogP contribution in [0.5, 0.6) is 0 Å². The molecule has 1 aliphatic rings. The molecule has 25 heavy (non-hydrogen) atoms. The van der Waals surface area contributed by atoms with E-state index in [-0.39, 0.29) is 5.91 Å². The maximum absolute atomic E-state index is 12.4. The molecule has 0 unspecified atom stereocenters.